The lowest BCUT2D eigenvalue weighted by Crippen LogP contribution is -2.33. The minimum absolute atomic E-state index is 0.0944. The molecule has 3 nitrogen and oxygen atoms in total. The molecule has 2 aromatic carbocycles. The van der Waals surface area contributed by atoms with E-state index in [4.69, 9.17) is 14.2 Å². The van der Waals surface area contributed by atoms with Crippen LogP contribution in [0.3, 0.4) is 0 Å². The molecule has 236 valence electrons. The summed E-state index contributed by atoms with van der Waals surface area (Å²) in [6.45, 7) is 1.37. The zero-order valence-corrected chi connectivity index (χ0v) is 23.9. The van der Waals surface area contributed by atoms with Gasteiger partial charge in [-0.15, -0.1) is 0 Å². The lowest BCUT2D eigenvalue weighted by atomic mass is 9.77. The first kappa shape index (κ1) is 33.8. The van der Waals surface area contributed by atoms with Gasteiger partial charge in [0.2, 0.25) is 17.5 Å². The fourth-order valence-corrected chi connectivity index (χ4v) is 5.30. The number of rotatable bonds is 16. The smallest absolute Gasteiger partial charge is 0.281 e. The molecule has 1 aliphatic rings. The van der Waals surface area contributed by atoms with Gasteiger partial charge in [0.15, 0.2) is 36.3 Å². The predicted octanol–water partition coefficient (Wildman–Crippen LogP) is 9.69. The number of unbranched alkanes of at least 4 members (excludes halogenated alkanes) is 2. The van der Waals surface area contributed by atoms with Gasteiger partial charge in [-0.25, -0.2) is 22.0 Å². The minimum atomic E-state index is -3.35. The van der Waals surface area contributed by atoms with Gasteiger partial charge in [-0.1, -0.05) is 25.8 Å². The average Bonchev–Trinajstić information content (AvgIpc) is 2.94. The van der Waals surface area contributed by atoms with Crippen molar-refractivity contribution in [1.29, 1.82) is 0 Å². The third kappa shape index (κ3) is 9.66. The summed E-state index contributed by atoms with van der Waals surface area (Å²) in [6.07, 6.45) is 2.78. The van der Waals surface area contributed by atoms with E-state index in [1.165, 1.54) is 6.07 Å². The highest BCUT2D eigenvalue weighted by Gasteiger charge is 2.39. The van der Waals surface area contributed by atoms with E-state index >= 15 is 0 Å². The van der Waals surface area contributed by atoms with Crippen LogP contribution in [-0.4, -0.2) is 31.7 Å². The summed E-state index contributed by atoms with van der Waals surface area (Å²) >= 11 is 0. The first-order chi connectivity index (χ1) is 19.9. The van der Waals surface area contributed by atoms with Crippen LogP contribution in [0.25, 0.3) is 0 Å². The molecule has 2 aromatic rings. The maximum Gasteiger partial charge on any atom is 0.281 e. The summed E-state index contributed by atoms with van der Waals surface area (Å²) in [6, 6.07) is 4.61. The second kappa shape index (κ2) is 15.1. The van der Waals surface area contributed by atoms with Crippen molar-refractivity contribution in [2.24, 2.45) is 11.8 Å². The van der Waals surface area contributed by atoms with Gasteiger partial charge in [0.1, 0.15) is 0 Å². The number of aryl methyl sites for hydroxylation is 1. The van der Waals surface area contributed by atoms with E-state index in [2.05, 4.69) is 0 Å². The number of halogens is 8. The van der Waals surface area contributed by atoms with Gasteiger partial charge in [-0.05, 0) is 81.0 Å². The molecule has 0 amide bonds. The maximum atomic E-state index is 14.6. The van der Waals surface area contributed by atoms with Crippen molar-refractivity contribution in [3.63, 3.8) is 0 Å². The Morgan fingerprint density at radius 3 is 1.50 bits per heavy atom. The number of ether oxygens (including phenoxy) is 3. The Kier molecular flexibility index (Phi) is 12.2. The van der Waals surface area contributed by atoms with Crippen molar-refractivity contribution < 1.29 is 49.3 Å². The fourth-order valence-electron chi connectivity index (χ4n) is 5.30. The van der Waals surface area contributed by atoms with Gasteiger partial charge < -0.3 is 14.2 Å². The molecule has 11 heteroatoms. The average molecular weight is 611 g/mol. The minimum Gasteiger partial charge on any atom is -0.491 e. The molecule has 0 spiro atoms. The highest BCUT2D eigenvalue weighted by Crippen LogP contribution is 2.40. The molecule has 0 heterocycles. The Bertz CT molecular complexity index is 1150. The second-order valence-corrected chi connectivity index (χ2v) is 11.0. The molecule has 42 heavy (non-hydrogen) atoms. The van der Waals surface area contributed by atoms with Crippen LogP contribution in [0, 0.1) is 35.1 Å². The van der Waals surface area contributed by atoms with Gasteiger partial charge in [-0.2, -0.15) is 13.2 Å². The highest BCUT2D eigenvalue weighted by molar-refractivity contribution is 5.35. The van der Waals surface area contributed by atoms with Crippen LogP contribution in [0.15, 0.2) is 24.3 Å². The molecule has 1 aliphatic carbocycles. The lowest BCUT2D eigenvalue weighted by Gasteiger charge is -2.32. The van der Waals surface area contributed by atoms with Gasteiger partial charge in [-0.3, -0.25) is 0 Å². The quantitative estimate of drug-likeness (QED) is 0.140. The largest absolute Gasteiger partial charge is 0.491 e. The molecule has 3 rings (SSSR count). The molecule has 0 bridgehead atoms. The van der Waals surface area contributed by atoms with Crippen molar-refractivity contribution in [1.82, 2.24) is 0 Å². The van der Waals surface area contributed by atoms with E-state index < -0.39 is 84.5 Å². The summed E-state index contributed by atoms with van der Waals surface area (Å²) in [5.74, 6) is -14.3. The Morgan fingerprint density at radius 2 is 1.05 bits per heavy atom. The Balaban J connectivity index is 1.44. The molecule has 0 aliphatic heterocycles. The van der Waals surface area contributed by atoms with E-state index in [0.717, 1.165) is 31.0 Å². The molecular formula is C31H38F8O3. The van der Waals surface area contributed by atoms with E-state index in [9.17, 15) is 35.1 Å². The second-order valence-electron chi connectivity index (χ2n) is 11.0. The van der Waals surface area contributed by atoms with Crippen molar-refractivity contribution in [3.8, 4) is 17.2 Å². The van der Waals surface area contributed by atoms with Crippen LogP contribution in [-0.2, 0) is 6.42 Å². The van der Waals surface area contributed by atoms with Crippen molar-refractivity contribution >= 4 is 0 Å². The summed E-state index contributed by atoms with van der Waals surface area (Å²) < 4.78 is 130. The van der Waals surface area contributed by atoms with Crippen molar-refractivity contribution in [2.75, 3.05) is 19.8 Å². The number of alkyl halides is 4. The van der Waals surface area contributed by atoms with Crippen LogP contribution in [0.5, 0.6) is 17.2 Å². The molecule has 0 saturated heterocycles. The lowest BCUT2D eigenvalue weighted by molar-refractivity contribution is -0.0759. The number of hydrogen-bond acceptors (Lipinski definition) is 3. The third-order valence-corrected chi connectivity index (χ3v) is 7.51. The van der Waals surface area contributed by atoms with E-state index in [0.29, 0.717) is 12.8 Å². The highest BCUT2D eigenvalue weighted by atomic mass is 19.3. The van der Waals surface area contributed by atoms with Crippen LogP contribution >= 0.6 is 0 Å². The van der Waals surface area contributed by atoms with Gasteiger partial charge in [0.05, 0.1) is 6.61 Å². The van der Waals surface area contributed by atoms with Gasteiger partial charge in [0.25, 0.3) is 11.8 Å². The van der Waals surface area contributed by atoms with E-state index in [-0.39, 0.29) is 43.6 Å². The van der Waals surface area contributed by atoms with Gasteiger partial charge in [0, 0.05) is 12.8 Å². The monoisotopic (exact) mass is 610 g/mol. The fraction of sp³-hybridized carbons (Fsp3) is 0.613. The summed E-state index contributed by atoms with van der Waals surface area (Å²) in [4.78, 5) is 0. The molecule has 1 saturated carbocycles. The molecule has 0 N–H and O–H groups in total. The Labute approximate surface area is 241 Å². The third-order valence-electron chi connectivity index (χ3n) is 7.51. The van der Waals surface area contributed by atoms with E-state index in [1.54, 1.807) is 6.92 Å². The SMILES string of the molecule is CCCCCc1ccc(OCC(F)(F)CC2CCC(CC(F)(F)COc3ccc(OCC)c(F)c3F)CC2)c(F)c1F. The summed E-state index contributed by atoms with van der Waals surface area (Å²) in [5, 5.41) is 0. The number of benzene rings is 2. The van der Waals surface area contributed by atoms with Crippen molar-refractivity contribution in [2.45, 2.75) is 89.9 Å². The standard InChI is InChI=1S/C31H38F8O3/c1-3-5-6-7-22-12-13-24(27(33)26(22)32)41-18-30(36,37)16-20-8-10-21(11-9-20)17-31(38,39)19-42-25-15-14-23(40-4-2)28(34)29(25)35/h12-15,20-21H,3-11,16-19H2,1-2H3. The normalized spacial score (nSPS) is 17.8. The molecule has 0 aromatic heterocycles. The maximum absolute atomic E-state index is 14.6. The Hall–Kier alpha value is -2.72. The zero-order valence-electron chi connectivity index (χ0n) is 23.9. The summed E-state index contributed by atoms with van der Waals surface area (Å²) in [5.41, 5.74) is 0.172. The van der Waals surface area contributed by atoms with Crippen LogP contribution in [0.2, 0.25) is 0 Å². The van der Waals surface area contributed by atoms with E-state index in [1.807, 2.05) is 6.92 Å². The molecular weight excluding hydrogens is 572 g/mol. The van der Waals surface area contributed by atoms with Crippen LogP contribution < -0.4 is 14.2 Å². The molecule has 0 radical (unpaired) electrons. The molecule has 0 atom stereocenters. The predicted molar refractivity (Wildman–Crippen MR) is 143 cm³/mol. The van der Waals surface area contributed by atoms with Crippen LogP contribution in [0.4, 0.5) is 35.1 Å². The first-order valence-electron chi connectivity index (χ1n) is 14.4. The van der Waals surface area contributed by atoms with Crippen LogP contribution in [0.1, 0.15) is 77.2 Å². The zero-order chi connectivity index (χ0) is 30.9. The Morgan fingerprint density at radius 1 is 0.619 bits per heavy atom. The number of hydrogen-bond donors (Lipinski definition) is 0. The topological polar surface area (TPSA) is 27.7 Å². The first-order valence-corrected chi connectivity index (χ1v) is 14.4. The molecule has 1 fully saturated rings. The van der Waals surface area contributed by atoms with Crippen molar-refractivity contribution in [3.05, 3.63) is 53.1 Å². The van der Waals surface area contributed by atoms with Gasteiger partial charge >= 0.3 is 0 Å². The molecule has 0 unspecified atom stereocenters. The summed E-state index contributed by atoms with van der Waals surface area (Å²) in [7, 11) is 0.